The molecular formula is C22H29N5O3. The normalized spacial score (nSPS) is 18.3. The van der Waals surface area contributed by atoms with Gasteiger partial charge in [0.05, 0.1) is 13.2 Å². The molecule has 1 aromatic heterocycles. The Bertz CT molecular complexity index is 849. The molecule has 30 heavy (non-hydrogen) atoms. The lowest BCUT2D eigenvalue weighted by Crippen LogP contribution is -2.52. The van der Waals surface area contributed by atoms with Crippen LogP contribution in [0.25, 0.3) is 0 Å². The Morgan fingerprint density at radius 3 is 2.40 bits per heavy atom. The summed E-state index contributed by atoms with van der Waals surface area (Å²) in [5.74, 6) is 2.41. The van der Waals surface area contributed by atoms with E-state index >= 15 is 0 Å². The first-order chi connectivity index (χ1) is 14.6. The van der Waals surface area contributed by atoms with Gasteiger partial charge in [0.15, 0.2) is 6.10 Å². The fourth-order valence-corrected chi connectivity index (χ4v) is 3.77. The molecule has 8 heteroatoms. The molecule has 8 nitrogen and oxygen atoms in total. The molecule has 2 fully saturated rings. The summed E-state index contributed by atoms with van der Waals surface area (Å²) < 4.78 is 11.2. The maximum atomic E-state index is 12.8. The summed E-state index contributed by atoms with van der Waals surface area (Å²) in [5, 5.41) is 0. The third-order valence-corrected chi connectivity index (χ3v) is 5.44. The molecule has 160 valence electrons. The van der Waals surface area contributed by atoms with Crippen molar-refractivity contribution in [1.82, 2.24) is 14.9 Å². The minimum atomic E-state index is -0.506. The summed E-state index contributed by atoms with van der Waals surface area (Å²) in [6.45, 7) is 9.62. The second-order valence-electron chi connectivity index (χ2n) is 7.65. The number of benzene rings is 1. The van der Waals surface area contributed by atoms with Crippen LogP contribution in [-0.2, 0) is 9.53 Å². The number of nitrogens with zero attached hydrogens (tertiary/aromatic N) is 5. The van der Waals surface area contributed by atoms with Crippen LogP contribution in [0.4, 0.5) is 11.8 Å². The number of hydrogen-bond acceptors (Lipinski definition) is 7. The summed E-state index contributed by atoms with van der Waals surface area (Å²) >= 11 is 0. The van der Waals surface area contributed by atoms with E-state index in [1.54, 1.807) is 0 Å². The lowest BCUT2D eigenvalue weighted by atomic mass is 10.2. The number of piperazine rings is 1. The third-order valence-electron chi connectivity index (χ3n) is 5.44. The van der Waals surface area contributed by atoms with Gasteiger partial charge in [0.25, 0.3) is 5.91 Å². The first-order valence-corrected chi connectivity index (χ1v) is 10.5. The van der Waals surface area contributed by atoms with Gasteiger partial charge in [0.2, 0.25) is 5.95 Å². The van der Waals surface area contributed by atoms with Crippen LogP contribution in [0, 0.1) is 6.92 Å². The molecule has 2 saturated heterocycles. The Balaban J connectivity index is 1.36. The zero-order chi connectivity index (χ0) is 20.9. The van der Waals surface area contributed by atoms with Crippen molar-refractivity contribution in [3.8, 4) is 5.75 Å². The molecule has 0 saturated carbocycles. The molecule has 0 N–H and O–H groups in total. The van der Waals surface area contributed by atoms with Gasteiger partial charge in [0.1, 0.15) is 11.6 Å². The molecule has 2 aromatic rings. The molecule has 1 aromatic carbocycles. The Hall–Kier alpha value is -2.87. The second-order valence-corrected chi connectivity index (χ2v) is 7.65. The van der Waals surface area contributed by atoms with Crippen molar-refractivity contribution in [3.05, 3.63) is 42.1 Å². The molecule has 1 amide bonds. The lowest BCUT2D eigenvalue weighted by molar-refractivity contribution is -0.138. The number of carbonyl (C=O) groups is 1. The Labute approximate surface area is 177 Å². The SMILES string of the molecule is Cc1cc(N2CCN(C(=O)C(C)Oc3ccccc3)CC2)nc(N2CCOCC2)n1. The molecule has 0 bridgehead atoms. The fourth-order valence-electron chi connectivity index (χ4n) is 3.77. The van der Waals surface area contributed by atoms with Gasteiger partial charge in [-0.3, -0.25) is 4.79 Å². The van der Waals surface area contributed by atoms with Crippen LogP contribution in [-0.4, -0.2) is 79.4 Å². The van der Waals surface area contributed by atoms with E-state index < -0.39 is 6.10 Å². The van der Waals surface area contributed by atoms with Crippen molar-refractivity contribution in [2.75, 3.05) is 62.3 Å². The van der Waals surface area contributed by atoms with Crippen LogP contribution in [0.3, 0.4) is 0 Å². The molecule has 0 aliphatic carbocycles. The van der Waals surface area contributed by atoms with Crippen molar-refractivity contribution < 1.29 is 14.3 Å². The molecule has 0 spiro atoms. The van der Waals surface area contributed by atoms with Gasteiger partial charge in [-0.05, 0) is 26.0 Å². The average molecular weight is 412 g/mol. The Morgan fingerprint density at radius 2 is 1.70 bits per heavy atom. The number of carbonyl (C=O) groups excluding carboxylic acids is 1. The molecule has 4 rings (SSSR count). The highest BCUT2D eigenvalue weighted by Gasteiger charge is 2.27. The van der Waals surface area contributed by atoms with Crippen molar-refractivity contribution in [3.63, 3.8) is 0 Å². The van der Waals surface area contributed by atoms with Gasteiger partial charge < -0.3 is 24.2 Å². The number of morpholine rings is 1. The molecule has 3 heterocycles. The smallest absolute Gasteiger partial charge is 0.263 e. The van der Waals surface area contributed by atoms with Crippen molar-refractivity contribution >= 4 is 17.7 Å². The van der Waals surface area contributed by atoms with Crippen LogP contribution >= 0.6 is 0 Å². The quantitative estimate of drug-likeness (QED) is 0.742. The van der Waals surface area contributed by atoms with E-state index in [1.807, 2.05) is 55.1 Å². The third kappa shape index (κ3) is 4.81. The number of amides is 1. The molecule has 1 atom stereocenters. The highest BCUT2D eigenvalue weighted by Crippen LogP contribution is 2.20. The van der Waals surface area contributed by atoms with Crippen LogP contribution < -0.4 is 14.5 Å². The van der Waals surface area contributed by atoms with Crippen molar-refractivity contribution in [1.29, 1.82) is 0 Å². The topological polar surface area (TPSA) is 71.0 Å². The number of ether oxygens (including phenoxy) is 2. The lowest BCUT2D eigenvalue weighted by Gasteiger charge is -2.37. The van der Waals surface area contributed by atoms with Gasteiger partial charge in [-0.1, -0.05) is 18.2 Å². The van der Waals surface area contributed by atoms with E-state index in [0.717, 1.165) is 43.6 Å². The summed E-state index contributed by atoms with van der Waals surface area (Å²) in [4.78, 5) is 28.5. The molecule has 1 unspecified atom stereocenters. The van der Waals surface area contributed by atoms with Crippen LogP contribution in [0.2, 0.25) is 0 Å². The number of rotatable bonds is 5. The largest absolute Gasteiger partial charge is 0.481 e. The van der Waals surface area contributed by atoms with Gasteiger partial charge in [-0.15, -0.1) is 0 Å². The second kappa shape index (κ2) is 9.30. The van der Waals surface area contributed by atoms with E-state index in [-0.39, 0.29) is 5.91 Å². The maximum Gasteiger partial charge on any atom is 0.263 e. The van der Waals surface area contributed by atoms with Crippen LogP contribution in [0.1, 0.15) is 12.6 Å². The van der Waals surface area contributed by atoms with Crippen molar-refractivity contribution in [2.45, 2.75) is 20.0 Å². The molecule has 0 radical (unpaired) electrons. The monoisotopic (exact) mass is 411 g/mol. The fraction of sp³-hybridized carbons (Fsp3) is 0.500. The minimum Gasteiger partial charge on any atom is -0.481 e. The summed E-state index contributed by atoms with van der Waals surface area (Å²) in [5.41, 5.74) is 0.949. The number of anilines is 2. The predicted molar refractivity (Wildman–Crippen MR) is 115 cm³/mol. The maximum absolute atomic E-state index is 12.8. The van der Waals surface area contributed by atoms with Gasteiger partial charge in [-0.25, -0.2) is 4.98 Å². The highest BCUT2D eigenvalue weighted by atomic mass is 16.5. The highest BCUT2D eigenvalue weighted by molar-refractivity contribution is 5.81. The number of aryl methyl sites for hydroxylation is 1. The van der Waals surface area contributed by atoms with E-state index in [4.69, 9.17) is 14.5 Å². The Morgan fingerprint density at radius 1 is 1.00 bits per heavy atom. The van der Waals surface area contributed by atoms with E-state index in [0.29, 0.717) is 32.1 Å². The average Bonchev–Trinajstić information content (AvgIpc) is 2.79. The zero-order valence-corrected chi connectivity index (χ0v) is 17.7. The summed E-state index contributed by atoms with van der Waals surface area (Å²) in [6, 6.07) is 11.5. The molecular weight excluding hydrogens is 382 g/mol. The molecule has 2 aliphatic rings. The number of para-hydroxylation sites is 1. The summed E-state index contributed by atoms with van der Waals surface area (Å²) in [7, 11) is 0. The van der Waals surface area contributed by atoms with Gasteiger partial charge in [-0.2, -0.15) is 4.98 Å². The van der Waals surface area contributed by atoms with Crippen LogP contribution in [0.5, 0.6) is 5.75 Å². The van der Waals surface area contributed by atoms with Crippen molar-refractivity contribution in [2.24, 2.45) is 0 Å². The van der Waals surface area contributed by atoms with Crippen LogP contribution in [0.15, 0.2) is 36.4 Å². The Kier molecular flexibility index (Phi) is 6.32. The van der Waals surface area contributed by atoms with Gasteiger partial charge >= 0.3 is 0 Å². The number of aromatic nitrogens is 2. The zero-order valence-electron chi connectivity index (χ0n) is 17.7. The molecule has 2 aliphatic heterocycles. The first-order valence-electron chi connectivity index (χ1n) is 10.5. The van der Waals surface area contributed by atoms with E-state index in [1.165, 1.54) is 0 Å². The first kappa shape index (κ1) is 20.4. The minimum absolute atomic E-state index is 0.0198. The number of hydrogen-bond donors (Lipinski definition) is 0. The van der Waals surface area contributed by atoms with Gasteiger partial charge in [0, 0.05) is 51.0 Å². The standard InChI is InChI=1S/C22H29N5O3/c1-17-16-20(24-22(23-17)27-12-14-29-15-13-27)25-8-10-26(11-9-25)21(28)18(2)30-19-6-4-3-5-7-19/h3-7,16,18H,8-15H2,1-2H3. The van der Waals surface area contributed by atoms with E-state index in [9.17, 15) is 4.79 Å². The van der Waals surface area contributed by atoms with E-state index in [2.05, 4.69) is 14.8 Å². The summed E-state index contributed by atoms with van der Waals surface area (Å²) in [6.07, 6.45) is -0.506. The predicted octanol–water partition coefficient (Wildman–Crippen LogP) is 1.74.